The average Bonchev–Trinajstić information content (AvgIpc) is 2.43. The predicted octanol–water partition coefficient (Wildman–Crippen LogP) is 5.79. The van der Waals surface area contributed by atoms with Gasteiger partial charge < -0.3 is 5.11 Å². The van der Waals surface area contributed by atoms with Gasteiger partial charge in [0.15, 0.2) is 0 Å². The maximum absolute atomic E-state index is 8.66. The normalized spacial score (nSPS) is 11.9. The molecule has 19 heavy (non-hydrogen) atoms. The second-order valence-electron chi connectivity index (χ2n) is 5.31. The standard InChI is InChI=1S/C18H34O/c1-2-3-4-5-6-7-8-9-10-11-12-13-14-15-16-17-18-19/h3-6,19H,2,7-18H2,1H3/b4-3-,6-5-. The SMILES string of the molecule is CC/C=C\C=C/CCCCCCCCCCCCO. The fraction of sp³-hybridized carbons (Fsp3) is 0.778. The summed E-state index contributed by atoms with van der Waals surface area (Å²) in [6.07, 6.45) is 24.3. The minimum Gasteiger partial charge on any atom is -0.396 e. The van der Waals surface area contributed by atoms with Crippen LogP contribution in [-0.2, 0) is 0 Å². The van der Waals surface area contributed by atoms with E-state index in [1.54, 1.807) is 0 Å². The monoisotopic (exact) mass is 266 g/mol. The van der Waals surface area contributed by atoms with Crippen LogP contribution < -0.4 is 0 Å². The second-order valence-corrected chi connectivity index (χ2v) is 5.31. The third-order valence-electron chi connectivity index (χ3n) is 3.40. The van der Waals surface area contributed by atoms with Gasteiger partial charge in [-0.2, -0.15) is 0 Å². The first-order valence-electron chi connectivity index (χ1n) is 8.34. The zero-order valence-electron chi connectivity index (χ0n) is 12.9. The summed E-state index contributed by atoms with van der Waals surface area (Å²) in [4.78, 5) is 0. The molecule has 0 fully saturated rings. The maximum Gasteiger partial charge on any atom is 0.0431 e. The topological polar surface area (TPSA) is 20.2 Å². The molecule has 0 unspecified atom stereocenters. The number of allylic oxidation sites excluding steroid dienone is 4. The number of hydrogen-bond donors (Lipinski definition) is 1. The molecule has 0 radical (unpaired) electrons. The molecule has 0 aromatic heterocycles. The van der Waals surface area contributed by atoms with E-state index >= 15 is 0 Å². The molecule has 0 amide bonds. The molecular formula is C18H34O. The first kappa shape index (κ1) is 18.4. The number of hydrogen-bond acceptors (Lipinski definition) is 1. The van der Waals surface area contributed by atoms with Crippen molar-refractivity contribution in [2.45, 2.75) is 84.0 Å². The highest BCUT2D eigenvalue weighted by atomic mass is 16.2. The Morgan fingerprint density at radius 3 is 1.63 bits per heavy atom. The van der Waals surface area contributed by atoms with Crippen molar-refractivity contribution in [1.29, 1.82) is 0 Å². The van der Waals surface area contributed by atoms with Crippen LogP contribution in [0.5, 0.6) is 0 Å². The summed E-state index contributed by atoms with van der Waals surface area (Å²) in [7, 11) is 0. The Labute approximate surface area is 120 Å². The van der Waals surface area contributed by atoms with E-state index in [9.17, 15) is 0 Å². The zero-order chi connectivity index (χ0) is 14.0. The highest BCUT2D eigenvalue weighted by Crippen LogP contribution is 2.11. The lowest BCUT2D eigenvalue weighted by Crippen LogP contribution is -1.84. The summed E-state index contributed by atoms with van der Waals surface area (Å²) < 4.78 is 0. The average molecular weight is 266 g/mol. The first-order valence-corrected chi connectivity index (χ1v) is 8.34. The van der Waals surface area contributed by atoms with Crippen molar-refractivity contribution in [1.82, 2.24) is 0 Å². The highest BCUT2D eigenvalue weighted by molar-refractivity contribution is 5.01. The molecule has 1 heteroatoms. The van der Waals surface area contributed by atoms with Crippen molar-refractivity contribution in [2.24, 2.45) is 0 Å². The summed E-state index contributed by atoms with van der Waals surface area (Å²) in [5.74, 6) is 0. The van der Waals surface area contributed by atoms with E-state index in [4.69, 9.17) is 5.11 Å². The van der Waals surface area contributed by atoms with Gasteiger partial charge in [-0.3, -0.25) is 0 Å². The lowest BCUT2D eigenvalue weighted by atomic mass is 10.1. The molecule has 0 aromatic rings. The molecule has 0 rings (SSSR count). The van der Waals surface area contributed by atoms with Gasteiger partial charge in [0, 0.05) is 6.61 Å². The first-order chi connectivity index (χ1) is 9.41. The molecule has 1 N–H and O–H groups in total. The van der Waals surface area contributed by atoms with Gasteiger partial charge in [0.25, 0.3) is 0 Å². The molecule has 0 aliphatic rings. The Balaban J connectivity index is 3.02. The molecule has 0 aliphatic heterocycles. The van der Waals surface area contributed by atoms with Gasteiger partial charge in [-0.1, -0.05) is 82.6 Å². The van der Waals surface area contributed by atoms with Gasteiger partial charge in [0.1, 0.15) is 0 Å². The van der Waals surface area contributed by atoms with Crippen LogP contribution >= 0.6 is 0 Å². The predicted molar refractivity (Wildman–Crippen MR) is 86.4 cm³/mol. The smallest absolute Gasteiger partial charge is 0.0431 e. The van der Waals surface area contributed by atoms with E-state index in [0.29, 0.717) is 6.61 Å². The van der Waals surface area contributed by atoms with Crippen molar-refractivity contribution < 1.29 is 5.11 Å². The molecule has 0 aromatic carbocycles. The van der Waals surface area contributed by atoms with Crippen LogP contribution in [0.15, 0.2) is 24.3 Å². The van der Waals surface area contributed by atoms with Crippen molar-refractivity contribution in [3.05, 3.63) is 24.3 Å². The van der Waals surface area contributed by atoms with Crippen LogP contribution in [0.1, 0.15) is 84.0 Å². The largest absolute Gasteiger partial charge is 0.396 e. The summed E-state index contributed by atoms with van der Waals surface area (Å²) >= 11 is 0. The second kappa shape index (κ2) is 17.4. The van der Waals surface area contributed by atoms with E-state index in [1.165, 1.54) is 64.2 Å². The molecule has 0 aliphatic carbocycles. The number of aliphatic hydroxyl groups is 1. The van der Waals surface area contributed by atoms with Gasteiger partial charge in [-0.25, -0.2) is 0 Å². The van der Waals surface area contributed by atoms with Crippen molar-refractivity contribution in [2.75, 3.05) is 6.61 Å². The molecule has 0 atom stereocenters. The molecule has 1 nitrogen and oxygen atoms in total. The molecule has 0 spiro atoms. The summed E-state index contributed by atoms with van der Waals surface area (Å²) in [6, 6.07) is 0. The minimum atomic E-state index is 0.364. The fourth-order valence-corrected chi connectivity index (χ4v) is 2.18. The fourth-order valence-electron chi connectivity index (χ4n) is 2.18. The Hall–Kier alpha value is -0.560. The Morgan fingerprint density at radius 1 is 0.632 bits per heavy atom. The molecule has 0 saturated heterocycles. The van der Waals surface area contributed by atoms with E-state index in [1.807, 2.05) is 0 Å². The molecule has 0 bridgehead atoms. The van der Waals surface area contributed by atoms with Crippen molar-refractivity contribution in [3.63, 3.8) is 0 Å². The van der Waals surface area contributed by atoms with Gasteiger partial charge in [-0.15, -0.1) is 0 Å². The lowest BCUT2D eigenvalue weighted by Gasteiger charge is -2.01. The zero-order valence-corrected chi connectivity index (χ0v) is 12.9. The van der Waals surface area contributed by atoms with E-state index < -0.39 is 0 Å². The molecule has 112 valence electrons. The van der Waals surface area contributed by atoms with Crippen LogP contribution in [0.4, 0.5) is 0 Å². The van der Waals surface area contributed by atoms with Gasteiger partial charge in [0.2, 0.25) is 0 Å². The maximum atomic E-state index is 8.66. The number of aliphatic hydroxyl groups excluding tert-OH is 1. The van der Waals surface area contributed by atoms with E-state index in [-0.39, 0.29) is 0 Å². The number of unbranched alkanes of at least 4 members (excludes halogenated alkanes) is 10. The van der Waals surface area contributed by atoms with Crippen LogP contribution in [-0.4, -0.2) is 11.7 Å². The molecule has 0 saturated carbocycles. The van der Waals surface area contributed by atoms with Crippen LogP contribution in [0, 0.1) is 0 Å². The van der Waals surface area contributed by atoms with E-state index in [2.05, 4.69) is 31.2 Å². The van der Waals surface area contributed by atoms with Gasteiger partial charge in [0.05, 0.1) is 0 Å². The summed E-state index contributed by atoms with van der Waals surface area (Å²) in [6.45, 7) is 2.53. The summed E-state index contributed by atoms with van der Waals surface area (Å²) in [5, 5.41) is 8.66. The van der Waals surface area contributed by atoms with Crippen molar-refractivity contribution >= 4 is 0 Å². The third kappa shape index (κ3) is 17.4. The van der Waals surface area contributed by atoms with Crippen LogP contribution in [0.25, 0.3) is 0 Å². The third-order valence-corrected chi connectivity index (χ3v) is 3.40. The van der Waals surface area contributed by atoms with E-state index in [0.717, 1.165) is 12.8 Å². The Kier molecular flexibility index (Phi) is 16.9. The molecular weight excluding hydrogens is 232 g/mol. The highest BCUT2D eigenvalue weighted by Gasteiger charge is 1.92. The van der Waals surface area contributed by atoms with Crippen molar-refractivity contribution in [3.8, 4) is 0 Å². The van der Waals surface area contributed by atoms with Crippen LogP contribution in [0.2, 0.25) is 0 Å². The quantitative estimate of drug-likeness (QED) is 0.311. The lowest BCUT2D eigenvalue weighted by molar-refractivity contribution is 0.282. The Bertz CT molecular complexity index is 206. The van der Waals surface area contributed by atoms with Gasteiger partial charge in [-0.05, 0) is 25.7 Å². The minimum absolute atomic E-state index is 0.364. The summed E-state index contributed by atoms with van der Waals surface area (Å²) in [5.41, 5.74) is 0. The molecule has 0 heterocycles. The van der Waals surface area contributed by atoms with Gasteiger partial charge >= 0.3 is 0 Å². The Morgan fingerprint density at radius 2 is 1.11 bits per heavy atom. The van der Waals surface area contributed by atoms with Crippen LogP contribution in [0.3, 0.4) is 0 Å². The number of rotatable bonds is 14.